The van der Waals surface area contributed by atoms with E-state index in [2.05, 4.69) is 15.3 Å². The molecule has 0 radical (unpaired) electrons. The van der Waals surface area contributed by atoms with Gasteiger partial charge in [-0.3, -0.25) is 9.78 Å². The van der Waals surface area contributed by atoms with E-state index in [1.165, 1.54) is 18.5 Å². The van der Waals surface area contributed by atoms with Gasteiger partial charge < -0.3 is 5.32 Å². The van der Waals surface area contributed by atoms with Gasteiger partial charge in [0.05, 0.1) is 21.9 Å². The molecule has 86 valence electrons. The van der Waals surface area contributed by atoms with Crippen molar-refractivity contribution < 1.29 is 4.79 Å². The molecule has 0 spiro atoms. The zero-order valence-electron chi connectivity index (χ0n) is 8.52. The number of hydrogen-bond donors (Lipinski definition) is 1. The van der Waals surface area contributed by atoms with Crippen LogP contribution in [0.3, 0.4) is 0 Å². The van der Waals surface area contributed by atoms with Crippen molar-refractivity contribution in [2.24, 2.45) is 0 Å². The highest BCUT2D eigenvalue weighted by molar-refractivity contribution is 6.33. The predicted molar refractivity (Wildman–Crippen MR) is 66.4 cm³/mol. The third kappa shape index (κ3) is 2.93. The molecule has 0 aliphatic rings. The van der Waals surface area contributed by atoms with Gasteiger partial charge in [0.25, 0.3) is 5.91 Å². The quantitative estimate of drug-likeness (QED) is 0.910. The van der Waals surface area contributed by atoms with Gasteiger partial charge in [-0.25, -0.2) is 4.98 Å². The number of carbonyl (C=O) groups is 1. The monoisotopic (exact) mass is 267 g/mol. The van der Waals surface area contributed by atoms with E-state index >= 15 is 0 Å². The molecular formula is C11H7Cl2N3O. The van der Waals surface area contributed by atoms with Gasteiger partial charge in [0, 0.05) is 12.4 Å². The van der Waals surface area contributed by atoms with Crippen LogP contribution in [0.2, 0.25) is 10.0 Å². The van der Waals surface area contributed by atoms with Gasteiger partial charge in [-0.05, 0) is 18.2 Å². The summed E-state index contributed by atoms with van der Waals surface area (Å²) in [4.78, 5) is 19.5. The zero-order valence-corrected chi connectivity index (χ0v) is 10.0. The van der Waals surface area contributed by atoms with E-state index in [9.17, 15) is 4.79 Å². The number of pyridine rings is 2. The van der Waals surface area contributed by atoms with Gasteiger partial charge in [0.15, 0.2) is 0 Å². The highest BCUT2D eigenvalue weighted by Crippen LogP contribution is 2.19. The Kier molecular flexibility index (Phi) is 3.56. The van der Waals surface area contributed by atoms with Crippen molar-refractivity contribution in [3.05, 3.63) is 52.5 Å². The van der Waals surface area contributed by atoms with E-state index in [0.29, 0.717) is 15.7 Å². The molecule has 0 saturated heterocycles. The van der Waals surface area contributed by atoms with Crippen LogP contribution in [0, 0.1) is 0 Å². The minimum absolute atomic E-state index is 0.259. The summed E-state index contributed by atoms with van der Waals surface area (Å²) in [6.45, 7) is 0. The summed E-state index contributed by atoms with van der Waals surface area (Å²) in [5.74, 6) is -0.364. The summed E-state index contributed by atoms with van der Waals surface area (Å²) in [6.07, 6.45) is 4.41. The van der Waals surface area contributed by atoms with Gasteiger partial charge in [0.2, 0.25) is 0 Å². The van der Waals surface area contributed by atoms with Crippen LogP contribution in [0.4, 0.5) is 5.69 Å². The largest absolute Gasteiger partial charge is 0.318 e. The third-order valence-electron chi connectivity index (χ3n) is 1.98. The molecule has 1 amide bonds. The van der Waals surface area contributed by atoms with Crippen LogP contribution in [0.1, 0.15) is 10.5 Å². The molecule has 0 saturated carbocycles. The number of amides is 1. The fourth-order valence-electron chi connectivity index (χ4n) is 1.17. The second-order valence-electron chi connectivity index (χ2n) is 3.17. The fraction of sp³-hybridized carbons (Fsp3) is 0. The van der Waals surface area contributed by atoms with E-state index in [1.54, 1.807) is 18.3 Å². The molecule has 0 atom stereocenters. The molecule has 0 aliphatic heterocycles. The van der Waals surface area contributed by atoms with Crippen molar-refractivity contribution in [3.63, 3.8) is 0 Å². The van der Waals surface area contributed by atoms with E-state index in [4.69, 9.17) is 23.2 Å². The molecule has 0 bridgehead atoms. The van der Waals surface area contributed by atoms with Gasteiger partial charge in [-0.15, -0.1) is 0 Å². The second-order valence-corrected chi connectivity index (χ2v) is 4.01. The lowest BCUT2D eigenvalue weighted by atomic mass is 10.3. The summed E-state index contributed by atoms with van der Waals surface area (Å²) < 4.78 is 0. The van der Waals surface area contributed by atoms with Gasteiger partial charge >= 0.3 is 0 Å². The van der Waals surface area contributed by atoms with E-state index in [-0.39, 0.29) is 11.6 Å². The number of anilines is 1. The lowest BCUT2D eigenvalue weighted by Gasteiger charge is -2.05. The first kappa shape index (κ1) is 11.8. The van der Waals surface area contributed by atoms with Crippen molar-refractivity contribution in [1.82, 2.24) is 9.97 Å². The maximum Gasteiger partial charge on any atom is 0.274 e. The fourth-order valence-corrected chi connectivity index (χ4v) is 1.43. The second kappa shape index (κ2) is 5.12. The normalized spacial score (nSPS) is 10.0. The number of halogens is 2. The molecule has 0 aliphatic carbocycles. The highest BCUT2D eigenvalue weighted by Gasteiger charge is 2.09. The lowest BCUT2D eigenvalue weighted by molar-refractivity contribution is 0.102. The zero-order chi connectivity index (χ0) is 12.3. The van der Waals surface area contributed by atoms with Crippen molar-refractivity contribution >= 4 is 34.8 Å². The maximum atomic E-state index is 11.8. The molecular weight excluding hydrogens is 261 g/mol. The van der Waals surface area contributed by atoms with Crippen molar-refractivity contribution in [2.45, 2.75) is 0 Å². The Hall–Kier alpha value is -1.65. The molecule has 2 heterocycles. The number of hydrogen-bond acceptors (Lipinski definition) is 3. The first-order valence-corrected chi connectivity index (χ1v) is 5.45. The molecule has 2 aromatic heterocycles. The van der Waals surface area contributed by atoms with Crippen LogP contribution in [0.25, 0.3) is 0 Å². The molecule has 4 nitrogen and oxygen atoms in total. The van der Waals surface area contributed by atoms with Crippen LogP contribution in [-0.2, 0) is 0 Å². The van der Waals surface area contributed by atoms with Crippen LogP contribution >= 0.6 is 23.2 Å². The summed E-state index contributed by atoms with van der Waals surface area (Å²) in [7, 11) is 0. The predicted octanol–water partition coefficient (Wildman–Crippen LogP) is 3.04. The minimum atomic E-state index is -0.364. The van der Waals surface area contributed by atoms with Gasteiger partial charge in [-0.2, -0.15) is 0 Å². The number of nitrogens with zero attached hydrogens (tertiary/aromatic N) is 2. The van der Waals surface area contributed by atoms with E-state index < -0.39 is 0 Å². The average molecular weight is 268 g/mol. The Morgan fingerprint density at radius 2 is 2.00 bits per heavy atom. The van der Waals surface area contributed by atoms with Crippen LogP contribution in [-0.4, -0.2) is 15.9 Å². The van der Waals surface area contributed by atoms with Crippen LogP contribution < -0.4 is 5.32 Å². The Bertz CT molecular complexity index is 543. The third-order valence-corrected chi connectivity index (χ3v) is 2.53. The first-order valence-electron chi connectivity index (χ1n) is 4.69. The molecule has 2 rings (SSSR count). The number of rotatable bonds is 2. The summed E-state index contributed by atoms with van der Waals surface area (Å²) in [5.41, 5.74) is 0.699. The Labute approximate surface area is 108 Å². The maximum absolute atomic E-state index is 11.8. The Balaban J connectivity index is 2.17. The summed E-state index contributed by atoms with van der Waals surface area (Å²) in [5, 5.41) is 3.50. The average Bonchev–Trinajstić information content (AvgIpc) is 2.33. The van der Waals surface area contributed by atoms with E-state index in [0.717, 1.165) is 0 Å². The number of nitrogens with one attached hydrogen (secondary N) is 1. The standard InChI is InChI=1S/C11H7Cl2N3O/c12-7-1-2-9(15-5-7)11(17)16-10-6-14-4-3-8(10)13/h1-6H,(H,16,17). The molecule has 2 aromatic rings. The molecule has 0 aromatic carbocycles. The molecule has 0 unspecified atom stereocenters. The smallest absolute Gasteiger partial charge is 0.274 e. The van der Waals surface area contributed by atoms with Gasteiger partial charge in [-0.1, -0.05) is 23.2 Å². The van der Waals surface area contributed by atoms with Crippen LogP contribution in [0.15, 0.2) is 36.8 Å². The summed E-state index contributed by atoms with van der Waals surface area (Å²) >= 11 is 11.6. The topological polar surface area (TPSA) is 54.9 Å². The molecule has 17 heavy (non-hydrogen) atoms. The summed E-state index contributed by atoms with van der Waals surface area (Å²) in [6, 6.07) is 4.71. The molecule has 1 N–H and O–H groups in total. The Morgan fingerprint density at radius 1 is 1.18 bits per heavy atom. The minimum Gasteiger partial charge on any atom is -0.318 e. The lowest BCUT2D eigenvalue weighted by Crippen LogP contribution is -2.13. The Morgan fingerprint density at radius 3 is 2.65 bits per heavy atom. The first-order chi connectivity index (χ1) is 8.16. The molecule has 0 fully saturated rings. The molecule has 6 heteroatoms. The van der Waals surface area contributed by atoms with Crippen molar-refractivity contribution in [2.75, 3.05) is 5.32 Å². The van der Waals surface area contributed by atoms with Gasteiger partial charge in [0.1, 0.15) is 5.69 Å². The van der Waals surface area contributed by atoms with Crippen molar-refractivity contribution in [3.8, 4) is 0 Å². The highest BCUT2D eigenvalue weighted by atomic mass is 35.5. The number of carbonyl (C=O) groups excluding carboxylic acids is 1. The van der Waals surface area contributed by atoms with Crippen LogP contribution in [0.5, 0.6) is 0 Å². The number of aromatic nitrogens is 2. The van der Waals surface area contributed by atoms with Crippen molar-refractivity contribution in [1.29, 1.82) is 0 Å². The SMILES string of the molecule is O=C(Nc1cnccc1Cl)c1ccc(Cl)cn1. The van der Waals surface area contributed by atoms with E-state index in [1.807, 2.05) is 0 Å².